The summed E-state index contributed by atoms with van der Waals surface area (Å²) in [7, 11) is 0. The summed E-state index contributed by atoms with van der Waals surface area (Å²) in [4.78, 5) is 20.8. The van der Waals surface area contributed by atoms with Gasteiger partial charge < -0.3 is 4.74 Å². The van der Waals surface area contributed by atoms with Crippen LogP contribution >= 0.6 is 31.9 Å². The summed E-state index contributed by atoms with van der Waals surface area (Å²) < 4.78 is 7.21. The molecule has 2 aromatic carbocycles. The lowest BCUT2D eigenvalue weighted by Crippen LogP contribution is -2.23. The van der Waals surface area contributed by atoms with Crippen LogP contribution < -0.4 is 0 Å². The highest BCUT2D eigenvalue weighted by atomic mass is 79.9. The molecular weight excluding hydrogens is 488 g/mol. The Morgan fingerprint density at radius 3 is 2.36 bits per heavy atom. The first-order valence-electron chi connectivity index (χ1n) is 8.66. The van der Waals surface area contributed by atoms with Crippen molar-refractivity contribution in [1.82, 2.24) is 19.7 Å². The Kier molecular flexibility index (Phi) is 5.41. The predicted octanol–water partition coefficient (Wildman–Crippen LogP) is 4.73. The lowest BCUT2D eigenvalue weighted by atomic mass is 10.2. The molecule has 0 amide bonds. The van der Waals surface area contributed by atoms with Crippen LogP contribution in [0, 0.1) is 0 Å². The number of fused-ring (bicyclic) bond motifs is 2. The molecule has 0 N–H and O–H groups in total. The molecule has 0 radical (unpaired) electrons. The third-order valence-corrected chi connectivity index (χ3v) is 5.92. The average Bonchev–Trinajstić information content (AvgIpc) is 3.08. The van der Waals surface area contributed by atoms with Gasteiger partial charge in [0.2, 0.25) is 0 Å². The number of carbonyl (C=O) groups excluding carboxylic acids is 1. The fraction of sp³-hybridized carbons (Fsp3) is 0.200. The minimum Gasteiger partial charge on any atom is -0.460 e. The molecule has 142 valence electrons. The Labute approximate surface area is 178 Å². The van der Waals surface area contributed by atoms with E-state index in [1.54, 1.807) is 4.68 Å². The van der Waals surface area contributed by atoms with Gasteiger partial charge in [0.25, 0.3) is 0 Å². The molecule has 0 spiro atoms. The van der Waals surface area contributed by atoms with Crippen molar-refractivity contribution in [3.63, 3.8) is 0 Å². The summed E-state index contributed by atoms with van der Waals surface area (Å²) in [6.07, 6.45) is -0.437. The molecule has 0 saturated heterocycles. The Morgan fingerprint density at radius 2 is 1.71 bits per heavy atom. The zero-order valence-corrected chi connectivity index (χ0v) is 18.1. The molecule has 0 fully saturated rings. The van der Waals surface area contributed by atoms with Gasteiger partial charge in [0.15, 0.2) is 5.65 Å². The summed E-state index contributed by atoms with van der Waals surface area (Å²) in [6, 6.07) is 17.5. The number of carbonyl (C=O) groups is 1. The van der Waals surface area contributed by atoms with Crippen molar-refractivity contribution in [2.75, 3.05) is 5.33 Å². The summed E-state index contributed by atoms with van der Waals surface area (Å²) in [5.74, 6) is -0.350. The molecule has 0 aliphatic carbocycles. The molecule has 4 rings (SSSR count). The summed E-state index contributed by atoms with van der Waals surface area (Å²) in [5.41, 5.74) is 4.45. The highest BCUT2D eigenvalue weighted by Gasteiger charge is 2.29. The number of benzene rings is 2. The van der Waals surface area contributed by atoms with E-state index in [0.717, 1.165) is 16.7 Å². The Bertz CT molecular complexity index is 1150. The quantitative estimate of drug-likeness (QED) is 0.291. The van der Waals surface area contributed by atoms with Gasteiger partial charge in [-0.1, -0.05) is 62.2 Å². The zero-order valence-electron chi connectivity index (χ0n) is 14.9. The number of nitrogens with zero attached hydrogens (tertiary/aromatic N) is 4. The van der Waals surface area contributed by atoms with Crippen molar-refractivity contribution in [3.8, 4) is 5.69 Å². The lowest BCUT2D eigenvalue weighted by Gasteiger charge is -2.18. The van der Waals surface area contributed by atoms with Crippen LogP contribution in [0.3, 0.4) is 0 Å². The van der Waals surface area contributed by atoms with Gasteiger partial charge in [-0.05, 0) is 24.3 Å². The smallest absolute Gasteiger partial charge is 0.302 e. The Morgan fingerprint density at radius 1 is 1.07 bits per heavy atom. The largest absolute Gasteiger partial charge is 0.460 e. The van der Waals surface area contributed by atoms with Crippen LogP contribution in [0.25, 0.3) is 27.9 Å². The number of hydrogen-bond acceptors (Lipinski definition) is 5. The van der Waals surface area contributed by atoms with Gasteiger partial charge in [0.05, 0.1) is 21.5 Å². The lowest BCUT2D eigenvalue weighted by molar-refractivity contribution is -0.145. The second kappa shape index (κ2) is 7.97. The Balaban J connectivity index is 1.95. The maximum Gasteiger partial charge on any atom is 0.302 e. The number of aromatic nitrogens is 4. The fourth-order valence-electron chi connectivity index (χ4n) is 3.01. The molecule has 0 bridgehead atoms. The first-order chi connectivity index (χ1) is 13.6. The average molecular weight is 504 g/mol. The van der Waals surface area contributed by atoms with E-state index in [9.17, 15) is 4.79 Å². The van der Waals surface area contributed by atoms with Gasteiger partial charge in [0.1, 0.15) is 17.3 Å². The van der Waals surface area contributed by atoms with Gasteiger partial charge in [0, 0.05) is 12.3 Å². The molecule has 0 aliphatic rings. The minimum absolute atomic E-state index is 0.348. The van der Waals surface area contributed by atoms with E-state index < -0.39 is 6.10 Å². The van der Waals surface area contributed by atoms with Crippen molar-refractivity contribution in [1.29, 1.82) is 0 Å². The predicted molar refractivity (Wildman–Crippen MR) is 115 cm³/mol. The SMILES string of the molecule is CC(=O)OC(CBr)C(Br)c1nn(-c2ccccc2)c2nc3ccccc3nc12. The number of hydrogen-bond donors (Lipinski definition) is 0. The van der Waals surface area contributed by atoms with Crippen molar-refractivity contribution in [3.05, 3.63) is 60.3 Å². The number of para-hydroxylation sites is 3. The third-order valence-electron chi connectivity index (χ3n) is 4.26. The zero-order chi connectivity index (χ0) is 19.7. The van der Waals surface area contributed by atoms with E-state index in [1.807, 2.05) is 54.6 Å². The number of rotatable bonds is 5. The van der Waals surface area contributed by atoms with Crippen LogP contribution in [-0.4, -0.2) is 37.2 Å². The Hall–Kier alpha value is -2.32. The number of ether oxygens (including phenoxy) is 1. The van der Waals surface area contributed by atoms with Crippen molar-refractivity contribution < 1.29 is 9.53 Å². The molecule has 28 heavy (non-hydrogen) atoms. The maximum atomic E-state index is 11.5. The van der Waals surface area contributed by atoms with Crippen LogP contribution in [0.5, 0.6) is 0 Å². The summed E-state index contributed by atoms with van der Waals surface area (Å²) in [6.45, 7) is 1.39. The van der Waals surface area contributed by atoms with Crippen molar-refractivity contribution >= 4 is 60.0 Å². The van der Waals surface area contributed by atoms with Crippen molar-refractivity contribution in [2.24, 2.45) is 0 Å². The molecule has 6 nitrogen and oxygen atoms in total. The van der Waals surface area contributed by atoms with Crippen LogP contribution in [0.15, 0.2) is 54.6 Å². The molecular formula is C20H16Br2N4O2. The van der Waals surface area contributed by atoms with E-state index in [2.05, 4.69) is 31.9 Å². The van der Waals surface area contributed by atoms with E-state index in [4.69, 9.17) is 19.8 Å². The van der Waals surface area contributed by atoms with E-state index in [1.165, 1.54) is 6.92 Å². The van der Waals surface area contributed by atoms with Crippen LogP contribution in [0.1, 0.15) is 17.4 Å². The van der Waals surface area contributed by atoms with Gasteiger partial charge >= 0.3 is 5.97 Å². The first-order valence-corrected chi connectivity index (χ1v) is 10.7. The van der Waals surface area contributed by atoms with Crippen molar-refractivity contribution in [2.45, 2.75) is 17.9 Å². The molecule has 4 aromatic rings. The summed E-state index contributed by atoms with van der Waals surface area (Å²) in [5, 5.41) is 5.25. The normalized spacial score (nSPS) is 13.5. The highest BCUT2D eigenvalue weighted by Crippen LogP contribution is 2.34. The van der Waals surface area contributed by atoms with E-state index in [0.29, 0.717) is 22.2 Å². The maximum absolute atomic E-state index is 11.5. The van der Waals surface area contributed by atoms with Gasteiger partial charge in [-0.15, -0.1) is 0 Å². The van der Waals surface area contributed by atoms with Gasteiger partial charge in [-0.2, -0.15) is 5.10 Å². The second-order valence-corrected chi connectivity index (χ2v) is 7.86. The highest BCUT2D eigenvalue weighted by molar-refractivity contribution is 9.09. The monoisotopic (exact) mass is 502 g/mol. The van der Waals surface area contributed by atoms with E-state index in [-0.39, 0.29) is 10.8 Å². The molecule has 8 heteroatoms. The minimum atomic E-state index is -0.437. The van der Waals surface area contributed by atoms with Crippen LogP contribution in [-0.2, 0) is 9.53 Å². The van der Waals surface area contributed by atoms with Crippen LogP contribution in [0.2, 0.25) is 0 Å². The molecule has 2 aromatic heterocycles. The first kappa shape index (κ1) is 19.0. The third kappa shape index (κ3) is 3.54. The number of alkyl halides is 2. The van der Waals surface area contributed by atoms with Crippen LogP contribution in [0.4, 0.5) is 0 Å². The molecule has 2 heterocycles. The van der Waals surface area contributed by atoms with Gasteiger partial charge in [-0.3, -0.25) is 4.79 Å². The standard InChI is InChI=1S/C20H16Br2N4O2/c1-12(27)28-16(11-21)17(22)18-19-20(24-15-10-6-5-9-14(15)23-19)26(25-18)13-7-3-2-4-8-13/h2-10,16-17H,11H2,1H3. The molecule has 0 aliphatic heterocycles. The van der Waals surface area contributed by atoms with Gasteiger partial charge in [-0.25, -0.2) is 14.6 Å². The molecule has 2 unspecified atom stereocenters. The fourth-order valence-corrected chi connectivity index (χ4v) is 4.62. The molecule has 0 saturated carbocycles. The second-order valence-electron chi connectivity index (χ2n) is 6.22. The summed E-state index contributed by atoms with van der Waals surface area (Å²) >= 11 is 7.08. The number of esters is 1. The van der Waals surface area contributed by atoms with E-state index >= 15 is 0 Å². The molecule has 2 atom stereocenters. The number of halogens is 2. The topological polar surface area (TPSA) is 69.9 Å².